The molecule has 0 radical (unpaired) electrons. The van der Waals surface area contributed by atoms with E-state index in [4.69, 9.17) is 0 Å². The van der Waals surface area contributed by atoms with Crippen LogP contribution < -0.4 is 15.0 Å². The first kappa shape index (κ1) is 12.1. The van der Waals surface area contributed by atoms with E-state index in [0.29, 0.717) is 0 Å². The smallest absolute Gasteiger partial charge is 0.488 e. The van der Waals surface area contributed by atoms with Gasteiger partial charge >= 0.3 is 6.36 Å². The van der Waals surface area contributed by atoms with Crippen molar-refractivity contribution in [3.05, 3.63) is 22.1 Å². The number of methoxy groups -OCH3 is 1. The molecule has 0 amide bonds. The number of pyridine rings is 1. The average Bonchev–Trinajstić information content (AvgIpc) is 2.16. The highest BCUT2D eigenvalue weighted by molar-refractivity contribution is 5.80. The van der Waals surface area contributed by atoms with Crippen molar-refractivity contribution in [3.63, 3.8) is 0 Å². The molecule has 1 aromatic heterocycles. The normalized spacial score (nSPS) is 11.0. The lowest BCUT2D eigenvalue weighted by Gasteiger charge is -2.12. The lowest BCUT2D eigenvalue weighted by molar-refractivity contribution is -0.275. The second-order valence-corrected chi connectivity index (χ2v) is 2.60. The maximum atomic E-state index is 12.0. The van der Waals surface area contributed by atoms with Crippen molar-refractivity contribution in [2.24, 2.45) is 0 Å². The predicted molar refractivity (Wildman–Crippen MR) is 45.7 cm³/mol. The Labute approximate surface area is 86.8 Å². The highest BCUT2D eigenvalue weighted by Crippen LogP contribution is 2.31. The van der Waals surface area contributed by atoms with Crippen molar-refractivity contribution in [2.75, 3.05) is 7.11 Å². The summed E-state index contributed by atoms with van der Waals surface area (Å²) in [5.74, 6) is -1.66. The molecule has 0 saturated heterocycles. The van der Waals surface area contributed by atoms with Crippen LogP contribution in [0.25, 0.3) is 0 Å². The molecule has 0 bridgehead atoms. The summed E-state index contributed by atoms with van der Waals surface area (Å²) in [5, 5.41) is 0. The number of carbonyl (C=O) groups excluding carboxylic acids is 1. The van der Waals surface area contributed by atoms with Crippen LogP contribution in [0.1, 0.15) is 10.4 Å². The molecule has 0 saturated carbocycles. The summed E-state index contributed by atoms with van der Waals surface area (Å²) in [6.45, 7) is 0. The number of alkyl halides is 3. The van der Waals surface area contributed by atoms with Crippen LogP contribution in [-0.2, 0) is 0 Å². The Bertz CT molecular complexity index is 452. The Morgan fingerprint density at radius 1 is 1.38 bits per heavy atom. The van der Waals surface area contributed by atoms with Gasteiger partial charge in [0, 0.05) is 6.20 Å². The van der Waals surface area contributed by atoms with Crippen molar-refractivity contribution >= 4 is 6.29 Å². The topological polar surface area (TPSA) is 68.4 Å². The number of hydrogen-bond acceptors (Lipinski definition) is 4. The van der Waals surface area contributed by atoms with Crippen molar-refractivity contribution in [3.8, 4) is 11.5 Å². The molecule has 0 aliphatic rings. The van der Waals surface area contributed by atoms with Gasteiger partial charge in [-0.1, -0.05) is 0 Å². The molecular weight excluding hydrogens is 231 g/mol. The summed E-state index contributed by atoms with van der Waals surface area (Å²) >= 11 is 0. The van der Waals surface area contributed by atoms with E-state index in [2.05, 4.69) is 9.47 Å². The highest BCUT2D eigenvalue weighted by atomic mass is 19.4. The summed E-state index contributed by atoms with van der Waals surface area (Å²) in [6, 6.07) is 0. The van der Waals surface area contributed by atoms with Gasteiger partial charge in [-0.15, -0.1) is 13.2 Å². The third-order valence-electron chi connectivity index (χ3n) is 1.58. The number of rotatable bonds is 3. The lowest BCUT2D eigenvalue weighted by Crippen LogP contribution is -2.21. The third kappa shape index (κ3) is 2.53. The van der Waals surface area contributed by atoms with Crippen LogP contribution in [0.3, 0.4) is 0 Å². The van der Waals surface area contributed by atoms with E-state index >= 15 is 0 Å². The van der Waals surface area contributed by atoms with E-state index in [1.165, 1.54) is 0 Å². The third-order valence-corrected chi connectivity index (χ3v) is 1.58. The van der Waals surface area contributed by atoms with Gasteiger partial charge in [0.2, 0.25) is 5.75 Å². The van der Waals surface area contributed by atoms with Crippen LogP contribution in [0.4, 0.5) is 13.2 Å². The number of carbonyl (C=O) groups is 1. The Morgan fingerprint density at radius 2 is 2.00 bits per heavy atom. The van der Waals surface area contributed by atoms with Gasteiger partial charge < -0.3 is 14.5 Å². The van der Waals surface area contributed by atoms with Crippen LogP contribution in [0.2, 0.25) is 0 Å². The Balaban J connectivity index is 3.37. The predicted octanol–water partition coefficient (Wildman–Crippen LogP) is 1.09. The van der Waals surface area contributed by atoms with Crippen LogP contribution in [0.15, 0.2) is 11.0 Å². The van der Waals surface area contributed by atoms with Crippen molar-refractivity contribution in [1.29, 1.82) is 0 Å². The summed E-state index contributed by atoms with van der Waals surface area (Å²) < 4.78 is 44.0. The standard InChI is InChI=1S/C8H6F3NO4/c1-15-6-5(16-8(9,10)11)4(3-13)2-12-7(6)14/h2-3H,1H3,(H,12,14). The number of nitrogens with one attached hydrogen (secondary N) is 1. The Hall–Kier alpha value is -1.99. The molecule has 8 heteroatoms. The van der Waals surface area contributed by atoms with Crippen LogP contribution in [0.5, 0.6) is 11.5 Å². The Kier molecular flexibility index (Phi) is 3.21. The van der Waals surface area contributed by atoms with Crippen molar-refractivity contribution < 1.29 is 27.4 Å². The zero-order valence-electron chi connectivity index (χ0n) is 7.92. The molecule has 88 valence electrons. The number of halogens is 3. The van der Waals surface area contributed by atoms with Gasteiger partial charge in [0.05, 0.1) is 12.7 Å². The minimum atomic E-state index is -5.02. The van der Waals surface area contributed by atoms with E-state index in [-0.39, 0.29) is 6.29 Å². The number of hydrogen-bond donors (Lipinski definition) is 1. The quantitative estimate of drug-likeness (QED) is 0.799. The fourth-order valence-corrected chi connectivity index (χ4v) is 1.00. The van der Waals surface area contributed by atoms with Gasteiger partial charge in [-0.2, -0.15) is 0 Å². The molecule has 0 aliphatic carbocycles. The summed E-state index contributed by atoms with van der Waals surface area (Å²) in [5.41, 5.74) is -1.39. The molecule has 0 atom stereocenters. The SMILES string of the molecule is COc1c(OC(F)(F)F)c(C=O)c[nH]c1=O. The maximum Gasteiger partial charge on any atom is 0.573 e. The molecule has 16 heavy (non-hydrogen) atoms. The molecule has 0 aromatic carbocycles. The van der Waals surface area contributed by atoms with Crippen molar-refractivity contribution in [1.82, 2.24) is 4.98 Å². The number of aldehydes is 1. The van der Waals surface area contributed by atoms with Gasteiger partial charge in [-0.05, 0) is 0 Å². The van der Waals surface area contributed by atoms with E-state index in [1.54, 1.807) is 0 Å². The molecule has 1 N–H and O–H groups in total. The first-order valence-electron chi connectivity index (χ1n) is 3.89. The molecule has 0 spiro atoms. The Morgan fingerprint density at radius 3 is 2.44 bits per heavy atom. The number of aromatic nitrogens is 1. The minimum Gasteiger partial charge on any atom is -0.488 e. The molecule has 1 rings (SSSR count). The highest BCUT2D eigenvalue weighted by Gasteiger charge is 2.34. The number of ether oxygens (including phenoxy) is 2. The van der Waals surface area contributed by atoms with Crippen LogP contribution in [-0.4, -0.2) is 24.7 Å². The van der Waals surface area contributed by atoms with E-state index in [0.717, 1.165) is 13.3 Å². The van der Waals surface area contributed by atoms with Gasteiger partial charge in [0.1, 0.15) is 0 Å². The molecule has 1 heterocycles. The number of aromatic amines is 1. The largest absolute Gasteiger partial charge is 0.573 e. The van der Waals surface area contributed by atoms with Crippen molar-refractivity contribution in [2.45, 2.75) is 6.36 Å². The van der Waals surface area contributed by atoms with Crippen LogP contribution in [0, 0.1) is 0 Å². The van der Waals surface area contributed by atoms with Gasteiger partial charge in [0.15, 0.2) is 12.0 Å². The van der Waals surface area contributed by atoms with E-state index in [9.17, 15) is 22.8 Å². The second kappa shape index (κ2) is 4.25. The maximum absolute atomic E-state index is 12.0. The zero-order valence-corrected chi connectivity index (χ0v) is 7.92. The summed E-state index contributed by atoms with van der Waals surface area (Å²) in [7, 11) is 0.988. The minimum absolute atomic E-state index is 0.111. The van der Waals surface area contributed by atoms with E-state index in [1.807, 2.05) is 4.98 Å². The molecular formula is C8H6F3NO4. The molecule has 0 fully saturated rings. The van der Waals surface area contributed by atoms with E-state index < -0.39 is 29.0 Å². The molecule has 0 aliphatic heterocycles. The fourth-order valence-electron chi connectivity index (χ4n) is 1.00. The molecule has 1 aromatic rings. The van der Waals surface area contributed by atoms with Gasteiger partial charge in [0.25, 0.3) is 5.56 Å². The first-order valence-corrected chi connectivity index (χ1v) is 3.89. The average molecular weight is 237 g/mol. The zero-order chi connectivity index (χ0) is 12.3. The molecule has 5 nitrogen and oxygen atoms in total. The lowest BCUT2D eigenvalue weighted by atomic mass is 10.2. The van der Waals surface area contributed by atoms with Gasteiger partial charge in [-0.25, -0.2) is 0 Å². The first-order chi connectivity index (χ1) is 7.39. The second-order valence-electron chi connectivity index (χ2n) is 2.60. The fraction of sp³-hybridized carbons (Fsp3) is 0.250. The van der Waals surface area contributed by atoms with Crippen LogP contribution >= 0.6 is 0 Å². The summed E-state index contributed by atoms with van der Waals surface area (Å²) in [6.07, 6.45) is -4.10. The van der Waals surface area contributed by atoms with Gasteiger partial charge in [-0.3, -0.25) is 9.59 Å². The molecule has 0 unspecified atom stereocenters. The number of H-pyrrole nitrogens is 1. The monoisotopic (exact) mass is 237 g/mol. The summed E-state index contributed by atoms with van der Waals surface area (Å²) in [4.78, 5) is 23.6.